The van der Waals surface area contributed by atoms with Crippen LogP contribution in [0.4, 0.5) is 0 Å². The molecule has 1 amide bonds. The molecule has 1 aromatic heterocycles. The predicted octanol–water partition coefficient (Wildman–Crippen LogP) is 2.87. The molecular weight excluding hydrogens is 330 g/mol. The number of fused-ring (bicyclic) bond motifs is 1. The minimum absolute atomic E-state index is 0.0166. The molecule has 2 N–H and O–H groups in total. The van der Waals surface area contributed by atoms with Crippen molar-refractivity contribution >= 4 is 16.9 Å². The van der Waals surface area contributed by atoms with Crippen LogP contribution in [0.2, 0.25) is 0 Å². The normalized spacial score (nSPS) is 10.7. The number of hydrogen-bond acceptors (Lipinski definition) is 4. The number of H-pyrrole nitrogens is 1. The molecule has 0 saturated carbocycles. The van der Waals surface area contributed by atoms with Crippen LogP contribution < -0.4 is 14.8 Å². The number of aromatic nitrogens is 2. The Morgan fingerprint density at radius 3 is 2.50 bits per heavy atom. The predicted molar refractivity (Wildman–Crippen MR) is 101 cm³/mol. The van der Waals surface area contributed by atoms with Gasteiger partial charge in [-0.15, -0.1) is 0 Å². The van der Waals surface area contributed by atoms with E-state index in [9.17, 15) is 4.79 Å². The summed E-state index contributed by atoms with van der Waals surface area (Å²) in [7, 11) is 3.23. The second-order valence-electron chi connectivity index (χ2n) is 6.02. The van der Waals surface area contributed by atoms with Crippen LogP contribution in [-0.2, 0) is 17.6 Å². The van der Waals surface area contributed by atoms with Gasteiger partial charge in [-0.25, -0.2) is 4.98 Å². The lowest BCUT2D eigenvalue weighted by atomic mass is 10.1. The zero-order valence-electron chi connectivity index (χ0n) is 15.0. The lowest BCUT2D eigenvalue weighted by Gasteiger charge is -2.08. The van der Waals surface area contributed by atoms with Crippen molar-refractivity contribution in [2.45, 2.75) is 19.3 Å². The number of nitrogens with zero attached hydrogens (tertiary/aromatic N) is 1. The number of imidazole rings is 1. The number of hydrogen-bond donors (Lipinski definition) is 2. The zero-order chi connectivity index (χ0) is 18.4. The first-order valence-corrected chi connectivity index (χ1v) is 8.60. The molecule has 0 aliphatic carbocycles. The van der Waals surface area contributed by atoms with E-state index in [1.165, 1.54) is 0 Å². The van der Waals surface area contributed by atoms with Gasteiger partial charge < -0.3 is 19.8 Å². The molecule has 6 nitrogen and oxygen atoms in total. The van der Waals surface area contributed by atoms with E-state index < -0.39 is 0 Å². The maximum absolute atomic E-state index is 12.1. The van der Waals surface area contributed by atoms with Crippen LogP contribution in [0.15, 0.2) is 42.5 Å². The summed E-state index contributed by atoms with van der Waals surface area (Å²) in [5, 5.41) is 2.94. The molecule has 0 unspecified atom stereocenters. The first kappa shape index (κ1) is 17.8. The van der Waals surface area contributed by atoms with Crippen molar-refractivity contribution < 1.29 is 14.3 Å². The number of nitrogens with one attached hydrogen (secondary N) is 2. The fraction of sp³-hybridized carbons (Fsp3) is 0.300. The third-order valence-electron chi connectivity index (χ3n) is 4.17. The van der Waals surface area contributed by atoms with Gasteiger partial charge >= 0.3 is 0 Å². The molecule has 3 aromatic rings. The van der Waals surface area contributed by atoms with Crippen molar-refractivity contribution in [3.63, 3.8) is 0 Å². The average Bonchev–Trinajstić information content (AvgIpc) is 3.08. The largest absolute Gasteiger partial charge is 0.497 e. The van der Waals surface area contributed by atoms with Crippen molar-refractivity contribution in [2.24, 2.45) is 0 Å². The van der Waals surface area contributed by atoms with Crippen molar-refractivity contribution in [1.82, 2.24) is 15.3 Å². The number of benzene rings is 2. The van der Waals surface area contributed by atoms with Crippen LogP contribution in [0, 0.1) is 0 Å². The molecule has 0 radical (unpaired) electrons. The Bertz CT molecular complexity index is 834. The highest BCUT2D eigenvalue weighted by Gasteiger charge is 2.07. The van der Waals surface area contributed by atoms with Gasteiger partial charge in [-0.1, -0.05) is 12.1 Å². The van der Waals surface area contributed by atoms with Crippen LogP contribution in [0.3, 0.4) is 0 Å². The van der Waals surface area contributed by atoms with E-state index in [0.29, 0.717) is 25.8 Å². The lowest BCUT2D eigenvalue weighted by Crippen LogP contribution is -2.26. The molecule has 0 bridgehead atoms. The summed E-state index contributed by atoms with van der Waals surface area (Å²) in [6, 6.07) is 13.6. The highest BCUT2D eigenvalue weighted by molar-refractivity contribution is 5.76. The summed E-state index contributed by atoms with van der Waals surface area (Å²) < 4.78 is 10.5. The van der Waals surface area contributed by atoms with Gasteiger partial charge in [0.05, 0.1) is 25.3 Å². The smallest absolute Gasteiger partial charge is 0.220 e. The molecule has 0 fully saturated rings. The molecule has 0 spiro atoms. The van der Waals surface area contributed by atoms with Gasteiger partial charge in [0.15, 0.2) is 0 Å². The Morgan fingerprint density at radius 1 is 1.08 bits per heavy atom. The van der Waals surface area contributed by atoms with E-state index in [1.807, 2.05) is 42.5 Å². The Hall–Kier alpha value is -3.02. The standard InChI is InChI=1S/C20H23N3O3/c1-25-15-11-14(12-16(13-15)26-2)7-8-20(24)21-10-9-19-22-17-5-3-4-6-18(17)23-19/h3-6,11-13H,7-10H2,1-2H3,(H,21,24)(H,22,23). The second kappa shape index (κ2) is 8.38. The molecule has 136 valence electrons. The fourth-order valence-corrected chi connectivity index (χ4v) is 2.80. The molecule has 3 rings (SSSR count). The van der Waals surface area contributed by atoms with E-state index in [4.69, 9.17) is 9.47 Å². The molecule has 0 aliphatic rings. The van der Waals surface area contributed by atoms with E-state index in [1.54, 1.807) is 14.2 Å². The third kappa shape index (κ3) is 4.53. The zero-order valence-corrected chi connectivity index (χ0v) is 15.0. The summed E-state index contributed by atoms with van der Waals surface area (Å²) >= 11 is 0. The van der Waals surface area contributed by atoms with Crippen molar-refractivity contribution in [1.29, 1.82) is 0 Å². The van der Waals surface area contributed by atoms with Crippen LogP contribution in [-0.4, -0.2) is 36.6 Å². The van der Waals surface area contributed by atoms with E-state index in [2.05, 4.69) is 15.3 Å². The number of aryl methyl sites for hydroxylation is 1. The van der Waals surface area contributed by atoms with Crippen molar-refractivity contribution in [3.05, 3.63) is 53.9 Å². The summed E-state index contributed by atoms with van der Waals surface area (Å²) in [4.78, 5) is 19.9. The molecule has 0 atom stereocenters. The lowest BCUT2D eigenvalue weighted by molar-refractivity contribution is -0.121. The van der Waals surface area contributed by atoms with Crippen molar-refractivity contribution in [3.8, 4) is 11.5 Å². The average molecular weight is 353 g/mol. The summed E-state index contributed by atoms with van der Waals surface area (Å²) in [6.45, 7) is 0.556. The Kier molecular flexibility index (Phi) is 5.73. The monoisotopic (exact) mass is 353 g/mol. The molecule has 1 heterocycles. The van der Waals surface area contributed by atoms with Gasteiger partial charge in [0.1, 0.15) is 17.3 Å². The number of methoxy groups -OCH3 is 2. The van der Waals surface area contributed by atoms with Crippen LogP contribution in [0.5, 0.6) is 11.5 Å². The third-order valence-corrected chi connectivity index (χ3v) is 4.17. The number of para-hydroxylation sites is 2. The summed E-state index contributed by atoms with van der Waals surface area (Å²) in [5.74, 6) is 2.35. The maximum Gasteiger partial charge on any atom is 0.220 e. The van der Waals surface area contributed by atoms with Crippen molar-refractivity contribution in [2.75, 3.05) is 20.8 Å². The number of amides is 1. The number of ether oxygens (including phenoxy) is 2. The van der Waals surface area contributed by atoms with Gasteiger partial charge in [0.2, 0.25) is 5.91 Å². The van der Waals surface area contributed by atoms with Crippen LogP contribution in [0.25, 0.3) is 11.0 Å². The molecule has 0 saturated heterocycles. The van der Waals surface area contributed by atoms with Crippen LogP contribution in [0.1, 0.15) is 17.8 Å². The number of carbonyl (C=O) groups excluding carboxylic acids is 1. The Balaban J connectivity index is 1.47. The molecule has 0 aliphatic heterocycles. The Labute approximate surface area is 152 Å². The quantitative estimate of drug-likeness (QED) is 0.653. The SMILES string of the molecule is COc1cc(CCC(=O)NCCc2nc3ccccc3[nH]2)cc(OC)c1. The molecule has 6 heteroatoms. The number of aromatic amines is 1. The number of rotatable bonds is 8. The first-order valence-electron chi connectivity index (χ1n) is 8.60. The second-order valence-corrected chi connectivity index (χ2v) is 6.02. The summed E-state index contributed by atoms with van der Waals surface area (Å²) in [5.41, 5.74) is 2.97. The van der Waals surface area contributed by atoms with Gasteiger partial charge in [-0.2, -0.15) is 0 Å². The topological polar surface area (TPSA) is 76.2 Å². The van der Waals surface area contributed by atoms with Crippen LogP contribution >= 0.6 is 0 Å². The van der Waals surface area contributed by atoms with Gasteiger partial charge in [-0.3, -0.25) is 4.79 Å². The highest BCUT2D eigenvalue weighted by Crippen LogP contribution is 2.23. The summed E-state index contributed by atoms with van der Waals surface area (Å²) in [6.07, 6.45) is 1.72. The van der Waals surface area contributed by atoms with Gasteiger partial charge in [0, 0.05) is 25.5 Å². The Morgan fingerprint density at radius 2 is 1.81 bits per heavy atom. The number of carbonyl (C=O) groups is 1. The van der Waals surface area contributed by atoms with Gasteiger partial charge in [0.25, 0.3) is 0 Å². The fourth-order valence-electron chi connectivity index (χ4n) is 2.80. The van der Waals surface area contributed by atoms with E-state index in [-0.39, 0.29) is 5.91 Å². The first-order chi connectivity index (χ1) is 12.7. The van der Waals surface area contributed by atoms with E-state index >= 15 is 0 Å². The molecule has 2 aromatic carbocycles. The van der Waals surface area contributed by atoms with Gasteiger partial charge in [-0.05, 0) is 36.2 Å². The van der Waals surface area contributed by atoms with E-state index in [0.717, 1.165) is 33.9 Å². The minimum atomic E-state index is 0.0166. The maximum atomic E-state index is 12.1. The highest BCUT2D eigenvalue weighted by atomic mass is 16.5. The molecular formula is C20H23N3O3. The molecule has 26 heavy (non-hydrogen) atoms. The minimum Gasteiger partial charge on any atom is -0.497 e.